The predicted molar refractivity (Wildman–Crippen MR) is 51.2 cm³/mol. The molecule has 0 spiro atoms. The van der Waals surface area contributed by atoms with Crippen molar-refractivity contribution in [2.24, 2.45) is 0 Å². The summed E-state index contributed by atoms with van der Waals surface area (Å²) in [5.41, 5.74) is 0. The smallest absolute Gasteiger partial charge is 0.184 e. The lowest BCUT2D eigenvalue weighted by Crippen LogP contribution is -2.28. The maximum absolute atomic E-state index is 13.2. The highest BCUT2D eigenvalue weighted by Crippen LogP contribution is 2.31. The Morgan fingerprint density at radius 3 is 2.36 bits per heavy atom. The highest BCUT2D eigenvalue weighted by Gasteiger charge is 2.34. The molecule has 1 aromatic rings. The van der Waals surface area contributed by atoms with E-state index < -0.39 is 15.7 Å². The Hall–Kier alpha value is -0.900. The monoisotopic (exact) mass is 214 g/mol. The van der Waals surface area contributed by atoms with E-state index in [0.717, 1.165) is 6.42 Å². The summed E-state index contributed by atoms with van der Waals surface area (Å²) in [4.78, 5) is -0.148. The SMILES string of the molecule is O=S(=O)(c1ccccc1F)C1CCC1. The van der Waals surface area contributed by atoms with Gasteiger partial charge in [-0.1, -0.05) is 18.6 Å². The average molecular weight is 214 g/mol. The van der Waals surface area contributed by atoms with Crippen LogP contribution in [0, 0.1) is 5.82 Å². The third-order valence-corrected chi connectivity index (χ3v) is 4.93. The molecule has 0 amide bonds. The molecular weight excluding hydrogens is 203 g/mol. The molecule has 0 aromatic heterocycles. The van der Waals surface area contributed by atoms with E-state index in [0.29, 0.717) is 12.8 Å². The van der Waals surface area contributed by atoms with Crippen molar-refractivity contribution in [3.8, 4) is 0 Å². The van der Waals surface area contributed by atoms with Crippen molar-refractivity contribution in [3.05, 3.63) is 30.1 Å². The molecule has 4 heteroatoms. The molecule has 0 N–H and O–H groups in total. The first-order valence-corrected chi connectivity index (χ1v) is 6.15. The van der Waals surface area contributed by atoms with Gasteiger partial charge in [-0.05, 0) is 25.0 Å². The van der Waals surface area contributed by atoms with Crippen LogP contribution in [0.15, 0.2) is 29.2 Å². The molecule has 1 aliphatic rings. The molecule has 76 valence electrons. The molecule has 2 rings (SSSR count). The van der Waals surface area contributed by atoms with Crippen molar-refractivity contribution in [1.82, 2.24) is 0 Å². The first-order valence-electron chi connectivity index (χ1n) is 4.61. The zero-order valence-corrected chi connectivity index (χ0v) is 8.43. The van der Waals surface area contributed by atoms with E-state index in [1.807, 2.05) is 0 Å². The Balaban J connectivity index is 2.43. The second-order valence-corrected chi connectivity index (χ2v) is 5.72. The maximum atomic E-state index is 13.2. The summed E-state index contributed by atoms with van der Waals surface area (Å²) in [5, 5.41) is -0.362. The van der Waals surface area contributed by atoms with Crippen LogP contribution in [0.25, 0.3) is 0 Å². The number of hydrogen-bond donors (Lipinski definition) is 0. The minimum Gasteiger partial charge on any atom is -0.223 e. The number of rotatable bonds is 2. The molecule has 0 saturated heterocycles. The molecule has 0 radical (unpaired) electrons. The molecule has 0 atom stereocenters. The number of sulfone groups is 1. The van der Waals surface area contributed by atoms with Gasteiger partial charge in [0, 0.05) is 0 Å². The number of halogens is 1. The second kappa shape index (κ2) is 3.35. The van der Waals surface area contributed by atoms with Gasteiger partial charge in [0.1, 0.15) is 10.7 Å². The minimum absolute atomic E-state index is 0.148. The predicted octanol–water partition coefficient (Wildman–Crippen LogP) is 2.15. The summed E-state index contributed by atoms with van der Waals surface area (Å²) in [6.07, 6.45) is 2.26. The van der Waals surface area contributed by atoms with Gasteiger partial charge in [-0.2, -0.15) is 0 Å². The molecule has 1 aliphatic carbocycles. The first-order chi connectivity index (χ1) is 6.62. The summed E-state index contributed by atoms with van der Waals surface area (Å²) in [5.74, 6) is -0.639. The molecule has 0 unspecified atom stereocenters. The van der Waals surface area contributed by atoms with E-state index >= 15 is 0 Å². The minimum atomic E-state index is -3.41. The number of benzene rings is 1. The molecule has 0 aliphatic heterocycles. The highest BCUT2D eigenvalue weighted by atomic mass is 32.2. The highest BCUT2D eigenvalue weighted by molar-refractivity contribution is 7.92. The summed E-state index contributed by atoms with van der Waals surface area (Å²) >= 11 is 0. The van der Waals surface area contributed by atoms with Crippen LogP contribution in [0.3, 0.4) is 0 Å². The zero-order valence-electron chi connectivity index (χ0n) is 7.61. The van der Waals surface area contributed by atoms with Crippen LogP contribution in [0.2, 0.25) is 0 Å². The fraction of sp³-hybridized carbons (Fsp3) is 0.400. The van der Waals surface area contributed by atoms with Crippen LogP contribution < -0.4 is 0 Å². The van der Waals surface area contributed by atoms with E-state index in [2.05, 4.69) is 0 Å². The zero-order chi connectivity index (χ0) is 10.2. The van der Waals surface area contributed by atoms with Gasteiger partial charge in [0.25, 0.3) is 0 Å². The first kappa shape index (κ1) is 9.65. The average Bonchev–Trinajstić information content (AvgIpc) is 2.00. The topological polar surface area (TPSA) is 34.1 Å². The number of hydrogen-bond acceptors (Lipinski definition) is 2. The molecule has 1 aromatic carbocycles. The molecule has 1 fully saturated rings. The van der Waals surface area contributed by atoms with Gasteiger partial charge >= 0.3 is 0 Å². The molecule has 0 bridgehead atoms. The van der Waals surface area contributed by atoms with Crippen molar-refractivity contribution >= 4 is 9.84 Å². The van der Waals surface area contributed by atoms with Crippen LogP contribution in [0.1, 0.15) is 19.3 Å². The summed E-state index contributed by atoms with van der Waals surface area (Å²) in [6.45, 7) is 0. The van der Waals surface area contributed by atoms with Crippen molar-refractivity contribution in [2.45, 2.75) is 29.4 Å². The van der Waals surface area contributed by atoms with Crippen molar-refractivity contribution < 1.29 is 12.8 Å². The van der Waals surface area contributed by atoms with Gasteiger partial charge in [0.2, 0.25) is 0 Å². The van der Waals surface area contributed by atoms with Gasteiger partial charge in [-0.25, -0.2) is 12.8 Å². The molecular formula is C10H11FO2S. The van der Waals surface area contributed by atoms with E-state index in [1.165, 1.54) is 18.2 Å². The van der Waals surface area contributed by atoms with Crippen LogP contribution in [-0.2, 0) is 9.84 Å². The van der Waals surface area contributed by atoms with Crippen molar-refractivity contribution in [3.63, 3.8) is 0 Å². The van der Waals surface area contributed by atoms with Crippen molar-refractivity contribution in [2.75, 3.05) is 0 Å². The molecule has 2 nitrogen and oxygen atoms in total. The lowest BCUT2D eigenvalue weighted by Gasteiger charge is -2.25. The van der Waals surface area contributed by atoms with E-state index in [4.69, 9.17) is 0 Å². The summed E-state index contributed by atoms with van der Waals surface area (Å²) in [6, 6.07) is 5.57. The molecule has 0 heterocycles. The Labute approximate surface area is 82.7 Å². The van der Waals surface area contributed by atoms with Gasteiger partial charge in [0.05, 0.1) is 5.25 Å². The van der Waals surface area contributed by atoms with Crippen LogP contribution >= 0.6 is 0 Å². The lowest BCUT2D eigenvalue weighted by atomic mass is 10.00. The molecule has 1 saturated carbocycles. The summed E-state index contributed by atoms with van der Waals surface area (Å²) < 4.78 is 36.8. The normalized spacial score (nSPS) is 17.8. The lowest BCUT2D eigenvalue weighted by molar-refractivity contribution is 0.472. The Kier molecular flexibility index (Phi) is 2.31. The fourth-order valence-corrected chi connectivity index (χ4v) is 3.46. The van der Waals surface area contributed by atoms with Crippen LogP contribution in [0.4, 0.5) is 4.39 Å². The van der Waals surface area contributed by atoms with Crippen molar-refractivity contribution in [1.29, 1.82) is 0 Å². The Morgan fingerprint density at radius 1 is 1.21 bits per heavy atom. The third kappa shape index (κ3) is 1.43. The van der Waals surface area contributed by atoms with Gasteiger partial charge < -0.3 is 0 Å². The van der Waals surface area contributed by atoms with Crippen LogP contribution in [-0.4, -0.2) is 13.7 Å². The van der Waals surface area contributed by atoms with E-state index in [9.17, 15) is 12.8 Å². The maximum Gasteiger partial charge on any atom is 0.184 e. The quantitative estimate of drug-likeness (QED) is 0.756. The van der Waals surface area contributed by atoms with Gasteiger partial charge in [0.15, 0.2) is 9.84 Å². The standard InChI is InChI=1S/C10H11FO2S/c11-9-6-1-2-7-10(9)14(12,13)8-4-3-5-8/h1-2,6-8H,3-5H2. The second-order valence-electron chi connectivity index (χ2n) is 3.53. The Morgan fingerprint density at radius 2 is 1.86 bits per heavy atom. The fourth-order valence-electron chi connectivity index (χ4n) is 1.54. The Bertz CT molecular complexity index is 435. The largest absolute Gasteiger partial charge is 0.223 e. The van der Waals surface area contributed by atoms with Gasteiger partial charge in [-0.3, -0.25) is 0 Å². The summed E-state index contributed by atoms with van der Waals surface area (Å²) in [7, 11) is -3.41. The molecule has 14 heavy (non-hydrogen) atoms. The van der Waals surface area contributed by atoms with Gasteiger partial charge in [-0.15, -0.1) is 0 Å². The third-order valence-electron chi connectivity index (χ3n) is 2.63. The van der Waals surface area contributed by atoms with E-state index in [1.54, 1.807) is 6.07 Å². The van der Waals surface area contributed by atoms with Crippen LogP contribution in [0.5, 0.6) is 0 Å². The van der Waals surface area contributed by atoms with E-state index in [-0.39, 0.29) is 10.1 Å².